The van der Waals surface area contributed by atoms with Crippen molar-refractivity contribution >= 4 is 5.69 Å². The fraction of sp³-hybridized carbons (Fsp3) is 0.368. The average Bonchev–Trinajstić information content (AvgIpc) is 2.81. The molecule has 0 aliphatic carbocycles. The first-order valence-corrected chi connectivity index (χ1v) is 8.18. The maximum atomic E-state index is 13.3. The highest BCUT2D eigenvalue weighted by molar-refractivity contribution is 5.46. The third-order valence-corrected chi connectivity index (χ3v) is 4.37. The first-order valence-electron chi connectivity index (χ1n) is 8.18. The number of para-hydroxylation sites is 1. The Morgan fingerprint density at radius 3 is 2.57 bits per heavy atom. The van der Waals surface area contributed by atoms with Crippen molar-refractivity contribution in [1.29, 1.82) is 0 Å². The van der Waals surface area contributed by atoms with E-state index in [9.17, 15) is 9.50 Å². The Morgan fingerprint density at radius 2 is 1.78 bits per heavy atom. The van der Waals surface area contributed by atoms with Gasteiger partial charge in [-0.15, -0.1) is 0 Å². The number of halogens is 1. The number of hydrogen-bond donors (Lipinski definition) is 1. The molecule has 2 aromatic rings. The molecule has 1 heterocycles. The molecule has 1 aliphatic heterocycles. The molecule has 1 aliphatic rings. The average molecular weight is 314 g/mol. The van der Waals surface area contributed by atoms with Gasteiger partial charge in [0.2, 0.25) is 0 Å². The molecule has 1 atom stereocenters. The molecule has 23 heavy (non-hydrogen) atoms. The summed E-state index contributed by atoms with van der Waals surface area (Å²) < 4.78 is 13.3. The van der Waals surface area contributed by atoms with Crippen molar-refractivity contribution in [2.24, 2.45) is 0 Å². The van der Waals surface area contributed by atoms with Crippen molar-refractivity contribution in [3.8, 4) is 0 Å². The standard InChI is InChI=1S/C19H23FN2O/c20-17-7-4-6-16(14-17)19(23)15-21-10-5-11-22(13-12-21)18-8-2-1-3-9-18/h1-4,6-9,14,19,23H,5,10-13,15H2. The number of β-amino-alcohol motifs (C(OH)–C–C–N with tert-alkyl or cyclic N) is 1. The van der Waals surface area contributed by atoms with E-state index in [2.05, 4.69) is 34.1 Å². The summed E-state index contributed by atoms with van der Waals surface area (Å²) in [6, 6.07) is 16.7. The van der Waals surface area contributed by atoms with E-state index < -0.39 is 6.10 Å². The molecule has 2 aromatic carbocycles. The topological polar surface area (TPSA) is 26.7 Å². The number of benzene rings is 2. The molecular weight excluding hydrogens is 291 g/mol. The van der Waals surface area contributed by atoms with Crippen molar-refractivity contribution in [3.63, 3.8) is 0 Å². The molecule has 0 aromatic heterocycles. The summed E-state index contributed by atoms with van der Waals surface area (Å²) in [4.78, 5) is 4.65. The molecule has 4 heteroatoms. The second kappa shape index (κ2) is 7.57. The van der Waals surface area contributed by atoms with Crippen LogP contribution in [0.15, 0.2) is 54.6 Å². The molecule has 3 nitrogen and oxygen atoms in total. The molecule has 3 rings (SSSR count). The highest BCUT2D eigenvalue weighted by Gasteiger charge is 2.18. The van der Waals surface area contributed by atoms with E-state index in [0.29, 0.717) is 12.1 Å². The van der Waals surface area contributed by atoms with Gasteiger partial charge in [0, 0.05) is 38.4 Å². The Labute approximate surface area is 137 Å². The van der Waals surface area contributed by atoms with Crippen LogP contribution in [0.25, 0.3) is 0 Å². The number of aliphatic hydroxyl groups is 1. The summed E-state index contributed by atoms with van der Waals surface area (Å²) in [6.07, 6.45) is 0.416. The van der Waals surface area contributed by atoms with Gasteiger partial charge in [-0.1, -0.05) is 30.3 Å². The van der Waals surface area contributed by atoms with Crippen LogP contribution in [0.3, 0.4) is 0 Å². The lowest BCUT2D eigenvalue weighted by Crippen LogP contribution is -2.33. The number of aliphatic hydroxyl groups excluding tert-OH is 1. The Hall–Kier alpha value is -1.91. The van der Waals surface area contributed by atoms with Crippen LogP contribution in [0.5, 0.6) is 0 Å². The Balaban J connectivity index is 1.58. The second-order valence-corrected chi connectivity index (χ2v) is 6.05. The van der Waals surface area contributed by atoms with Gasteiger partial charge < -0.3 is 10.0 Å². The number of anilines is 1. The van der Waals surface area contributed by atoms with Crippen LogP contribution in [-0.4, -0.2) is 42.7 Å². The van der Waals surface area contributed by atoms with Gasteiger partial charge in [-0.2, -0.15) is 0 Å². The van der Waals surface area contributed by atoms with Gasteiger partial charge in [0.1, 0.15) is 5.82 Å². The zero-order chi connectivity index (χ0) is 16.1. The van der Waals surface area contributed by atoms with Gasteiger partial charge in [-0.3, -0.25) is 4.90 Å². The molecule has 0 spiro atoms. The van der Waals surface area contributed by atoms with Gasteiger partial charge in [0.15, 0.2) is 0 Å². The van der Waals surface area contributed by atoms with Crippen molar-refractivity contribution in [2.75, 3.05) is 37.6 Å². The molecule has 0 bridgehead atoms. The van der Waals surface area contributed by atoms with E-state index in [4.69, 9.17) is 0 Å². The minimum absolute atomic E-state index is 0.298. The molecular formula is C19H23FN2O. The SMILES string of the molecule is OC(CN1CCCN(c2ccccc2)CC1)c1cccc(F)c1. The van der Waals surface area contributed by atoms with Gasteiger partial charge in [-0.05, 0) is 36.2 Å². The fourth-order valence-electron chi connectivity index (χ4n) is 3.11. The van der Waals surface area contributed by atoms with E-state index in [0.717, 1.165) is 32.6 Å². The van der Waals surface area contributed by atoms with Crippen LogP contribution in [0.2, 0.25) is 0 Å². The van der Waals surface area contributed by atoms with Crippen molar-refractivity contribution in [3.05, 3.63) is 66.0 Å². The summed E-state index contributed by atoms with van der Waals surface area (Å²) in [6.45, 7) is 4.37. The lowest BCUT2D eigenvalue weighted by Gasteiger charge is -2.25. The molecule has 0 saturated carbocycles. The quantitative estimate of drug-likeness (QED) is 0.939. The number of rotatable bonds is 4. The number of hydrogen-bond acceptors (Lipinski definition) is 3. The fourth-order valence-corrected chi connectivity index (χ4v) is 3.11. The minimum Gasteiger partial charge on any atom is -0.387 e. The predicted molar refractivity (Wildman–Crippen MR) is 91.1 cm³/mol. The Morgan fingerprint density at radius 1 is 0.957 bits per heavy atom. The van der Waals surface area contributed by atoms with Crippen LogP contribution >= 0.6 is 0 Å². The molecule has 1 N–H and O–H groups in total. The zero-order valence-electron chi connectivity index (χ0n) is 13.2. The Bertz CT molecular complexity index is 620. The van der Waals surface area contributed by atoms with E-state index in [1.165, 1.54) is 17.8 Å². The molecule has 0 amide bonds. The number of nitrogens with zero attached hydrogens (tertiary/aromatic N) is 2. The normalized spacial score (nSPS) is 17.7. The predicted octanol–water partition coefficient (Wildman–Crippen LogP) is 3.07. The molecule has 1 fully saturated rings. The monoisotopic (exact) mass is 314 g/mol. The van der Waals surface area contributed by atoms with Gasteiger partial charge >= 0.3 is 0 Å². The summed E-state index contributed by atoms with van der Waals surface area (Å²) in [5.41, 5.74) is 1.90. The van der Waals surface area contributed by atoms with Crippen molar-refractivity contribution in [2.45, 2.75) is 12.5 Å². The smallest absolute Gasteiger partial charge is 0.123 e. The molecule has 1 saturated heterocycles. The highest BCUT2D eigenvalue weighted by atomic mass is 19.1. The largest absolute Gasteiger partial charge is 0.387 e. The maximum absolute atomic E-state index is 13.3. The van der Waals surface area contributed by atoms with Crippen LogP contribution < -0.4 is 4.90 Å². The van der Waals surface area contributed by atoms with Crippen LogP contribution in [0.1, 0.15) is 18.1 Å². The minimum atomic E-state index is -0.644. The van der Waals surface area contributed by atoms with Crippen LogP contribution in [-0.2, 0) is 0 Å². The Kier molecular flexibility index (Phi) is 5.26. The zero-order valence-corrected chi connectivity index (χ0v) is 13.2. The van der Waals surface area contributed by atoms with Crippen molar-refractivity contribution in [1.82, 2.24) is 4.90 Å². The summed E-state index contributed by atoms with van der Waals surface area (Å²) >= 11 is 0. The van der Waals surface area contributed by atoms with E-state index in [1.54, 1.807) is 12.1 Å². The van der Waals surface area contributed by atoms with Gasteiger partial charge in [0.05, 0.1) is 6.10 Å². The van der Waals surface area contributed by atoms with E-state index >= 15 is 0 Å². The van der Waals surface area contributed by atoms with Gasteiger partial charge in [-0.25, -0.2) is 4.39 Å². The van der Waals surface area contributed by atoms with Gasteiger partial charge in [0.25, 0.3) is 0 Å². The third kappa shape index (κ3) is 4.30. The first kappa shape index (κ1) is 16.0. The summed E-state index contributed by atoms with van der Waals surface area (Å²) in [5, 5.41) is 10.4. The lowest BCUT2D eigenvalue weighted by molar-refractivity contribution is 0.117. The van der Waals surface area contributed by atoms with E-state index in [1.807, 2.05) is 6.07 Å². The third-order valence-electron chi connectivity index (χ3n) is 4.37. The highest BCUT2D eigenvalue weighted by Crippen LogP contribution is 2.19. The first-order chi connectivity index (χ1) is 11.2. The van der Waals surface area contributed by atoms with Crippen LogP contribution in [0, 0.1) is 5.82 Å². The maximum Gasteiger partial charge on any atom is 0.123 e. The molecule has 0 radical (unpaired) electrons. The summed E-state index contributed by atoms with van der Waals surface area (Å²) in [7, 11) is 0. The second-order valence-electron chi connectivity index (χ2n) is 6.05. The van der Waals surface area contributed by atoms with Crippen LogP contribution in [0.4, 0.5) is 10.1 Å². The molecule has 122 valence electrons. The van der Waals surface area contributed by atoms with E-state index in [-0.39, 0.29) is 5.82 Å². The molecule has 1 unspecified atom stereocenters. The summed E-state index contributed by atoms with van der Waals surface area (Å²) in [5.74, 6) is -0.298. The van der Waals surface area contributed by atoms with Crippen molar-refractivity contribution < 1.29 is 9.50 Å². The lowest BCUT2D eigenvalue weighted by atomic mass is 10.1.